The quantitative estimate of drug-likeness (QED) is 0.733. The van der Waals surface area contributed by atoms with Gasteiger partial charge < -0.3 is 0 Å². The highest BCUT2D eigenvalue weighted by molar-refractivity contribution is 7.99. The minimum Gasteiger partial charge on any atom is -0.175 e. The highest BCUT2D eigenvalue weighted by Crippen LogP contribution is 2.27. The zero-order valence-electron chi connectivity index (χ0n) is 10.3. The molecule has 0 fully saturated rings. The first-order valence-corrected chi connectivity index (χ1v) is 7.26. The van der Waals surface area contributed by atoms with Crippen molar-refractivity contribution in [3.05, 3.63) is 60.2 Å². The van der Waals surface area contributed by atoms with Crippen LogP contribution < -0.4 is 0 Å². The third-order valence-corrected chi connectivity index (χ3v) is 3.47. The van der Waals surface area contributed by atoms with Crippen LogP contribution in [0.1, 0.15) is 19.4 Å². The lowest BCUT2D eigenvalue weighted by Crippen LogP contribution is -1.77. The fourth-order valence-electron chi connectivity index (χ4n) is 1.29. The second-order valence-electron chi connectivity index (χ2n) is 3.22. The lowest BCUT2D eigenvalue weighted by Gasteiger charge is -2.02. The maximum Gasteiger partial charge on any atom is 0.0154 e. The van der Waals surface area contributed by atoms with Crippen molar-refractivity contribution < 1.29 is 0 Å². The smallest absolute Gasteiger partial charge is 0.0154 e. The van der Waals surface area contributed by atoms with E-state index in [1.807, 2.05) is 19.9 Å². The molecule has 2 aromatic carbocycles. The van der Waals surface area contributed by atoms with Gasteiger partial charge in [0.25, 0.3) is 0 Å². The lowest BCUT2D eigenvalue weighted by molar-refractivity contribution is 1.34. The van der Waals surface area contributed by atoms with Crippen LogP contribution in [0.15, 0.2) is 64.4 Å². The van der Waals surface area contributed by atoms with Crippen molar-refractivity contribution in [1.82, 2.24) is 0 Å². The number of benzene rings is 2. The molecule has 0 N–H and O–H groups in total. The summed E-state index contributed by atoms with van der Waals surface area (Å²) in [4.78, 5) is 2.54. The van der Waals surface area contributed by atoms with Crippen LogP contribution in [0.5, 0.6) is 0 Å². The third kappa shape index (κ3) is 4.88. The van der Waals surface area contributed by atoms with Crippen LogP contribution in [0.25, 0.3) is 0 Å². The second kappa shape index (κ2) is 8.26. The van der Waals surface area contributed by atoms with Crippen molar-refractivity contribution >= 4 is 24.4 Å². The topological polar surface area (TPSA) is 0 Å². The molecular formula is C15H18S2. The van der Waals surface area contributed by atoms with Crippen LogP contribution in [0.3, 0.4) is 0 Å². The van der Waals surface area contributed by atoms with Gasteiger partial charge in [-0.1, -0.05) is 55.9 Å². The summed E-state index contributed by atoms with van der Waals surface area (Å²) >= 11 is 6.02. The molecule has 2 aromatic rings. The number of rotatable bonds is 3. The summed E-state index contributed by atoms with van der Waals surface area (Å²) in [5.74, 6) is 0.802. The maximum absolute atomic E-state index is 4.24. The number of hydrogen-bond acceptors (Lipinski definition) is 2. The summed E-state index contributed by atoms with van der Waals surface area (Å²) in [5, 5.41) is 0. The Morgan fingerprint density at radius 2 is 1.35 bits per heavy atom. The molecule has 0 bridgehead atoms. The Hall–Kier alpha value is -0.860. The van der Waals surface area contributed by atoms with Crippen molar-refractivity contribution in [2.75, 3.05) is 0 Å². The van der Waals surface area contributed by atoms with Gasteiger partial charge in [-0.05, 0) is 29.8 Å². The van der Waals surface area contributed by atoms with Crippen LogP contribution in [0.4, 0.5) is 0 Å². The molecule has 0 aromatic heterocycles. The van der Waals surface area contributed by atoms with E-state index in [9.17, 15) is 0 Å². The maximum atomic E-state index is 4.24. The number of hydrogen-bond donors (Lipinski definition) is 1. The summed E-state index contributed by atoms with van der Waals surface area (Å²) in [7, 11) is 0. The van der Waals surface area contributed by atoms with E-state index in [2.05, 4.69) is 61.2 Å². The van der Waals surface area contributed by atoms with Crippen molar-refractivity contribution in [1.29, 1.82) is 0 Å². The Morgan fingerprint density at radius 1 is 0.824 bits per heavy atom. The molecule has 2 heteroatoms. The van der Waals surface area contributed by atoms with E-state index in [1.54, 1.807) is 11.8 Å². The summed E-state index contributed by atoms with van der Waals surface area (Å²) in [5.41, 5.74) is 1.26. The summed E-state index contributed by atoms with van der Waals surface area (Å²) < 4.78 is 0. The van der Waals surface area contributed by atoms with E-state index in [-0.39, 0.29) is 0 Å². The second-order valence-corrected chi connectivity index (χ2v) is 4.68. The molecule has 0 amide bonds. The van der Waals surface area contributed by atoms with Gasteiger partial charge in [-0.15, -0.1) is 0 Å². The Morgan fingerprint density at radius 3 is 1.88 bits per heavy atom. The molecule has 17 heavy (non-hydrogen) atoms. The van der Waals surface area contributed by atoms with Gasteiger partial charge in [-0.3, -0.25) is 0 Å². The summed E-state index contributed by atoms with van der Waals surface area (Å²) in [6.45, 7) is 4.00. The van der Waals surface area contributed by atoms with E-state index in [0.29, 0.717) is 0 Å². The molecule has 0 unspecified atom stereocenters. The van der Waals surface area contributed by atoms with Gasteiger partial charge in [0.1, 0.15) is 0 Å². The SMILES string of the molecule is CC.SCc1ccc(Sc2ccccc2)cc1. The predicted molar refractivity (Wildman–Crippen MR) is 81.0 cm³/mol. The third-order valence-electron chi connectivity index (χ3n) is 2.08. The van der Waals surface area contributed by atoms with Crippen molar-refractivity contribution in [3.8, 4) is 0 Å². The molecule has 0 saturated heterocycles. The van der Waals surface area contributed by atoms with Crippen LogP contribution in [0, 0.1) is 0 Å². The van der Waals surface area contributed by atoms with Crippen LogP contribution >= 0.6 is 24.4 Å². The molecule has 0 aliphatic heterocycles. The van der Waals surface area contributed by atoms with E-state index in [1.165, 1.54) is 15.4 Å². The average Bonchev–Trinajstić information content (AvgIpc) is 2.43. The van der Waals surface area contributed by atoms with Crippen molar-refractivity contribution in [3.63, 3.8) is 0 Å². The van der Waals surface area contributed by atoms with E-state index >= 15 is 0 Å². The van der Waals surface area contributed by atoms with E-state index in [4.69, 9.17) is 0 Å². The first-order chi connectivity index (χ1) is 8.38. The van der Waals surface area contributed by atoms with Crippen molar-refractivity contribution in [2.45, 2.75) is 29.4 Å². The van der Waals surface area contributed by atoms with Gasteiger partial charge in [-0.2, -0.15) is 12.6 Å². The van der Waals surface area contributed by atoms with Gasteiger partial charge in [0.2, 0.25) is 0 Å². The van der Waals surface area contributed by atoms with Gasteiger partial charge in [0.05, 0.1) is 0 Å². The zero-order chi connectivity index (χ0) is 12.5. The standard InChI is InChI=1S/C13H12S2.C2H6/c14-10-11-6-8-13(9-7-11)15-12-4-2-1-3-5-12;1-2/h1-9,14H,10H2;1-2H3. The summed E-state index contributed by atoms with van der Waals surface area (Å²) in [6, 6.07) is 18.9. The largest absolute Gasteiger partial charge is 0.175 e. The Balaban J connectivity index is 0.000000686. The fraction of sp³-hybridized carbons (Fsp3) is 0.200. The molecule has 0 spiro atoms. The Kier molecular flexibility index (Phi) is 6.90. The molecule has 0 saturated carbocycles. The molecule has 0 aliphatic carbocycles. The Labute approximate surface area is 114 Å². The molecule has 0 heterocycles. The normalized spacial score (nSPS) is 9.35. The predicted octanol–water partition coefficient (Wildman–Crippen LogP) is 5.29. The monoisotopic (exact) mass is 262 g/mol. The first-order valence-electron chi connectivity index (χ1n) is 5.81. The molecular weight excluding hydrogens is 244 g/mol. The zero-order valence-corrected chi connectivity index (χ0v) is 12.0. The molecule has 0 nitrogen and oxygen atoms in total. The van der Waals surface area contributed by atoms with Gasteiger partial charge in [-0.25, -0.2) is 0 Å². The minimum absolute atomic E-state index is 0.802. The fourth-order valence-corrected chi connectivity index (χ4v) is 2.34. The van der Waals surface area contributed by atoms with Crippen LogP contribution in [-0.2, 0) is 5.75 Å². The van der Waals surface area contributed by atoms with Gasteiger partial charge in [0.15, 0.2) is 0 Å². The molecule has 0 aliphatic rings. The van der Waals surface area contributed by atoms with Crippen LogP contribution in [0.2, 0.25) is 0 Å². The summed E-state index contributed by atoms with van der Waals surface area (Å²) in [6.07, 6.45) is 0. The van der Waals surface area contributed by atoms with Gasteiger partial charge >= 0.3 is 0 Å². The highest BCUT2D eigenvalue weighted by atomic mass is 32.2. The molecule has 0 atom stereocenters. The first kappa shape index (κ1) is 14.2. The Bertz CT molecular complexity index is 407. The van der Waals surface area contributed by atoms with Gasteiger partial charge in [0, 0.05) is 15.5 Å². The van der Waals surface area contributed by atoms with E-state index < -0.39 is 0 Å². The highest BCUT2D eigenvalue weighted by Gasteiger charge is 1.96. The molecule has 90 valence electrons. The number of thiol groups is 1. The minimum atomic E-state index is 0.802. The van der Waals surface area contributed by atoms with Crippen LogP contribution in [-0.4, -0.2) is 0 Å². The molecule has 0 radical (unpaired) electrons. The van der Waals surface area contributed by atoms with Crippen molar-refractivity contribution in [2.24, 2.45) is 0 Å². The molecule has 2 rings (SSSR count). The lowest BCUT2D eigenvalue weighted by atomic mass is 10.2. The van der Waals surface area contributed by atoms with E-state index in [0.717, 1.165) is 5.75 Å². The average molecular weight is 262 g/mol.